The largest absolute Gasteiger partial charge is 0.616 e. The van der Waals surface area contributed by atoms with Gasteiger partial charge in [0.1, 0.15) is 11.4 Å². The van der Waals surface area contributed by atoms with Crippen molar-refractivity contribution in [2.24, 2.45) is 0 Å². The molecule has 1 aromatic heterocycles. The predicted octanol–water partition coefficient (Wildman–Crippen LogP) is 4.28. The van der Waals surface area contributed by atoms with Gasteiger partial charge in [0, 0.05) is 6.07 Å². The van der Waals surface area contributed by atoms with Crippen molar-refractivity contribution in [1.82, 2.24) is 0 Å². The van der Waals surface area contributed by atoms with Crippen molar-refractivity contribution in [3.05, 3.63) is 52.4 Å². The molecule has 2 aromatic rings. The van der Waals surface area contributed by atoms with Crippen LogP contribution in [-0.4, -0.2) is 17.2 Å². The lowest BCUT2D eigenvalue weighted by atomic mass is 10.1. The number of aromatic nitrogens is 1. The molecule has 0 unspecified atom stereocenters. The third-order valence-corrected chi connectivity index (χ3v) is 3.68. The van der Waals surface area contributed by atoms with Gasteiger partial charge in [-0.15, -0.1) is 4.73 Å². The number of hydrogen-bond donors (Lipinski definition) is 0. The predicted molar refractivity (Wildman–Crippen MR) is 96.4 cm³/mol. The molecular weight excluding hydrogens is 361 g/mol. The first-order valence-electron chi connectivity index (χ1n) is 8.01. The van der Waals surface area contributed by atoms with Crippen LogP contribution in [0.1, 0.15) is 34.6 Å². The zero-order valence-electron chi connectivity index (χ0n) is 15.3. The summed E-state index contributed by atoms with van der Waals surface area (Å²) in [7, 11) is 0. The Morgan fingerprint density at radius 3 is 2.38 bits per heavy atom. The minimum atomic E-state index is -1.39. The highest BCUT2D eigenvalue weighted by molar-refractivity contribution is 6.30. The molecule has 0 fully saturated rings. The van der Waals surface area contributed by atoms with Crippen LogP contribution in [0.3, 0.4) is 0 Å². The molecule has 0 spiro atoms. The Bertz CT molecular complexity index is 831. The van der Waals surface area contributed by atoms with Gasteiger partial charge in [0.2, 0.25) is 11.3 Å². The SMILES string of the molecule is CC(C)(C)OC(=O)C(C)(C)Oc1cccc(-c2ccc(Cl)c(F)c2)[n+]1[O-]. The number of carbonyl (C=O) groups excluding carboxylic acids is 1. The Kier molecular flexibility index (Phi) is 5.47. The number of ether oxygens (including phenoxy) is 2. The summed E-state index contributed by atoms with van der Waals surface area (Å²) in [6.07, 6.45) is 0. The molecule has 1 heterocycles. The first kappa shape index (κ1) is 20.0. The first-order valence-corrected chi connectivity index (χ1v) is 8.39. The van der Waals surface area contributed by atoms with Crippen molar-refractivity contribution in [3.63, 3.8) is 0 Å². The monoisotopic (exact) mass is 381 g/mol. The van der Waals surface area contributed by atoms with Crippen LogP contribution in [0.15, 0.2) is 36.4 Å². The second-order valence-electron chi connectivity index (χ2n) is 7.29. The topological polar surface area (TPSA) is 62.5 Å². The fraction of sp³-hybridized carbons (Fsp3) is 0.368. The summed E-state index contributed by atoms with van der Waals surface area (Å²) in [4.78, 5) is 12.3. The highest BCUT2D eigenvalue weighted by Gasteiger charge is 2.37. The summed E-state index contributed by atoms with van der Waals surface area (Å²) in [5.74, 6) is -1.34. The van der Waals surface area contributed by atoms with E-state index in [0.29, 0.717) is 10.3 Å². The van der Waals surface area contributed by atoms with Crippen molar-refractivity contribution in [2.45, 2.75) is 45.8 Å². The van der Waals surface area contributed by atoms with E-state index in [1.165, 1.54) is 38.1 Å². The minimum Gasteiger partial charge on any atom is -0.616 e. The molecule has 0 saturated carbocycles. The van der Waals surface area contributed by atoms with Crippen LogP contribution in [0.25, 0.3) is 11.3 Å². The number of esters is 1. The van der Waals surface area contributed by atoms with Gasteiger partial charge in [-0.1, -0.05) is 11.6 Å². The maximum absolute atomic E-state index is 13.7. The highest BCUT2D eigenvalue weighted by atomic mass is 35.5. The van der Waals surface area contributed by atoms with Crippen molar-refractivity contribution < 1.29 is 23.4 Å². The lowest BCUT2D eigenvalue weighted by Crippen LogP contribution is -2.46. The van der Waals surface area contributed by atoms with E-state index >= 15 is 0 Å². The normalized spacial score (nSPS) is 12.0. The molecule has 0 atom stereocenters. The zero-order chi connectivity index (χ0) is 19.7. The summed E-state index contributed by atoms with van der Waals surface area (Å²) in [6.45, 7) is 8.24. The Morgan fingerprint density at radius 1 is 1.15 bits per heavy atom. The van der Waals surface area contributed by atoms with Crippen molar-refractivity contribution in [1.29, 1.82) is 0 Å². The molecule has 0 aliphatic carbocycles. The summed E-state index contributed by atoms with van der Waals surface area (Å²) in [6, 6.07) is 8.58. The van der Waals surface area contributed by atoms with Gasteiger partial charge in [0.15, 0.2) is 0 Å². The number of pyridine rings is 1. The smallest absolute Gasteiger partial charge is 0.381 e. The maximum Gasteiger partial charge on any atom is 0.381 e. The van der Waals surface area contributed by atoms with Crippen molar-refractivity contribution in [3.8, 4) is 17.1 Å². The number of hydrogen-bond acceptors (Lipinski definition) is 4. The number of halogens is 2. The van der Waals surface area contributed by atoms with Crippen LogP contribution in [-0.2, 0) is 9.53 Å². The molecule has 0 saturated heterocycles. The molecule has 26 heavy (non-hydrogen) atoms. The summed E-state index contributed by atoms with van der Waals surface area (Å²) in [5, 5.41) is 12.6. The van der Waals surface area contributed by atoms with E-state index in [0.717, 1.165) is 6.07 Å². The number of rotatable bonds is 4. The summed E-state index contributed by atoms with van der Waals surface area (Å²) in [5.41, 5.74) is -1.57. The standard InChI is InChI=1S/C19H21ClFNO4/c1-18(2,3)26-17(23)19(4,5)25-16-8-6-7-15(22(16)24)12-9-10-13(20)14(21)11-12/h6-11H,1-5H3. The molecule has 0 bridgehead atoms. The molecule has 0 aliphatic rings. The zero-order valence-corrected chi connectivity index (χ0v) is 16.1. The number of nitrogens with zero attached hydrogens (tertiary/aromatic N) is 1. The molecule has 2 rings (SSSR count). The number of benzene rings is 1. The molecule has 0 amide bonds. The molecule has 7 heteroatoms. The van der Waals surface area contributed by atoms with Gasteiger partial charge in [-0.25, -0.2) is 9.18 Å². The lowest BCUT2D eigenvalue weighted by Gasteiger charge is -2.28. The van der Waals surface area contributed by atoms with Gasteiger partial charge >= 0.3 is 11.8 Å². The quantitative estimate of drug-likeness (QED) is 0.450. The van der Waals surface area contributed by atoms with Crippen LogP contribution >= 0.6 is 11.6 Å². The molecule has 0 aliphatic heterocycles. The molecule has 0 radical (unpaired) electrons. The van der Waals surface area contributed by atoms with E-state index in [2.05, 4.69) is 0 Å². The van der Waals surface area contributed by atoms with Gasteiger partial charge in [0.25, 0.3) is 0 Å². The van der Waals surface area contributed by atoms with E-state index in [1.807, 2.05) is 0 Å². The van der Waals surface area contributed by atoms with Crippen LogP contribution in [0.2, 0.25) is 5.02 Å². The first-order chi connectivity index (χ1) is 11.9. The van der Waals surface area contributed by atoms with Gasteiger partial charge in [-0.3, -0.25) is 0 Å². The second-order valence-corrected chi connectivity index (χ2v) is 7.69. The summed E-state index contributed by atoms with van der Waals surface area (Å²) >= 11 is 5.68. The molecular formula is C19H21ClFNO4. The fourth-order valence-corrected chi connectivity index (χ4v) is 2.24. The van der Waals surface area contributed by atoms with Gasteiger partial charge in [0.05, 0.1) is 16.7 Å². The fourth-order valence-electron chi connectivity index (χ4n) is 2.12. The van der Waals surface area contributed by atoms with E-state index in [1.54, 1.807) is 26.8 Å². The second kappa shape index (κ2) is 7.11. The van der Waals surface area contributed by atoms with E-state index in [-0.39, 0.29) is 16.6 Å². The Hall–Kier alpha value is -2.34. The van der Waals surface area contributed by atoms with Gasteiger partial charge < -0.3 is 14.7 Å². The average Bonchev–Trinajstić information content (AvgIpc) is 2.50. The lowest BCUT2D eigenvalue weighted by molar-refractivity contribution is -0.603. The molecule has 5 nitrogen and oxygen atoms in total. The number of carbonyl (C=O) groups is 1. The van der Waals surface area contributed by atoms with E-state index in [4.69, 9.17) is 21.1 Å². The molecule has 1 aromatic carbocycles. The van der Waals surface area contributed by atoms with Crippen molar-refractivity contribution >= 4 is 17.6 Å². The third kappa shape index (κ3) is 4.64. The van der Waals surface area contributed by atoms with Crippen molar-refractivity contribution in [2.75, 3.05) is 0 Å². The van der Waals surface area contributed by atoms with Gasteiger partial charge in [-0.05, 0) is 58.9 Å². The van der Waals surface area contributed by atoms with Crippen LogP contribution in [0.5, 0.6) is 5.88 Å². The van der Waals surface area contributed by atoms with E-state index < -0.39 is 23.0 Å². The maximum atomic E-state index is 13.7. The minimum absolute atomic E-state index is 0.0373. The third-order valence-electron chi connectivity index (χ3n) is 3.38. The highest BCUT2D eigenvalue weighted by Crippen LogP contribution is 2.25. The van der Waals surface area contributed by atoms with E-state index in [9.17, 15) is 14.4 Å². The summed E-state index contributed by atoms with van der Waals surface area (Å²) < 4.78 is 25.1. The molecule has 0 N–H and O–H groups in total. The Morgan fingerprint density at radius 2 is 1.81 bits per heavy atom. The average molecular weight is 382 g/mol. The van der Waals surface area contributed by atoms with Gasteiger partial charge in [-0.2, -0.15) is 0 Å². The Labute approximate surface area is 156 Å². The molecule has 140 valence electrons. The van der Waals surface area contributed by atoms with Crippen LogP contribution in [0.4, 0.5) is 4.39 Å². The van der Waals surface area contributed by atoms with Crippen LogP contribution in [0, 0.1) is 11.0 Å². The Balaban J connectivity index is 2.34. The van der Waals surface area contributed by atoms with Crippen LogP contribution < -0.4 is 9.47 Å².